The molecule has 0 spiro atoms. The van der Waals surface area contributed by atoms with E-state index in [1.165, 1.54) is 18.4 Å². The second-order valence-corrected chi connectivity index (χ2v) is 4.48. The number of ether oxygens (including phenoxy) is 2. The highest BCUT2D eigenvalue weighted by Crippen LogP contribution is 2.34. The molecule has 7 heteroatoms. The van der Waals surface area contributed by atoms with Gasteiger partial charge in [-0.1, -0.05) is 0 Å². The van der Waals surface area contributed by atoms with E-state index in [0.29, 0.717) is 16.6 Å². The summed E-state index contributed by atoms with van der Waals surface area (Å²) in [5.74, 6) is 0.177. The SMILES string of the molecule is COC(=O)c1csc(-c2c(C)nn(C)c2OC)n1. The molecule has 0 unspecified atom stereocenters. The molecule has 0 amide bonds. The largest absolute Gasteiger partial charge is 0.481 e. The smallest absolute Gasteiger partial charge is 0.357 e. The molecular formula is C11H13N3O3S. The highest BCUT2D eigenvalue weighted by Gasteiger charge is 2.20. The minimum absolute atomic E-state index is 0.294. The summed E-state index contributed by atoms with van der Waals surface area (Å²) >= 11 is 1.36. The van der Waals surface area contributed by atoms with Crippen LogP contribution in [0, 0.1) is 6.92 Å². The number of rotatable bonds is 3. The van der Waals surface area contributed by atoms with E-state index in [1.54, 1.807) is 24.2 Å². The standard InChI is InChI=1S/C11H13N3O3S/c1-6-8(10(16-3)14(2)13-6)9-12-7(5-18-9)11(15)17-4/h5H,1-4H3. The van der Waals surface area contributed by atoms with Gasteiger partial charge < -0.3 is 9.47 Å². The molecule has 0 aromatic carbocycles. The van der Waals surface area contributed by atoms with E-state index in [1.807, 2.05) is 6.92 Å². The van der Waals surface area contributed by atoms with Crippen LogP contribution in [0.4, 0.5) is 0 Å². The molecule has 0 saturated heterocycles. The van der Waals surface area contributed by atoms with Crippen LogP contribution in [0.15, 0.2) is 5.38 Å². The molecule has 0 atom stereocenters. The molecule has 0 aliphatic heterocycles. The lowest BCUT2D eigenvalue weighted by atomic mass is 10.2. The van der Waals surface area contributed by atoms with Gasteiger partial charge in [-0.2, -0.15) is 5.10 Å². The van der Waals surface area contributed by atoms with Gasteiger partial charge in [0.15, 0.2) is 5.69 Å². The number of carbonyl (C=O) groups is 1. The maximum Gasteiger partial charge on any atom is 0.357 e. The predicted molar refractivity (Wildman–Crippen MR) is 66.9 cm³/mol. The number of esters is 1. The minimum Gasteiger partial charge on any atom is -0.481 e. The fourth-order valence-electron chi connectivity index (χ4n) is 1.70. The summed E-state index contributed by atoms with van der Waals surface area (Å²) in [5.41, 5.74) is 1.91. The summed E-state index contributed by atoms with van der Waals surface area (Å²) in [7, 11) is 4.70. The van der Waals surface area contributed by atoms with Gasteiger partial charge in [0.25, 0.3) is 0 Å². The number of methoxy groups -OCH3 is 2. The molecule has 0 bridgehead atoms. The van der Waals surface area contributed by atoms with Crippen molar-refractivity contribution >= 4 is 17.3 Å². The van der Waals surface area contributed by atoms with Crippen LogP contribution in [-0.4, -0.2) is 35.0 Å². The quantitative estimate of drug-likeness (QED) is 0.791. The van der Waals surface area contributed by atoms with Gasteiger partial charge in [0.2, 0.25) is 5.88 Å². The van der Waals surface area contributed by atoms with Crippen molar-refractivity contribution in [2.24, 2.45) is 7.05 Å². The first-order chi connectivity index (χ1) is 8.58. The summed E-state index contributed by atoms with van der Waals surface area (Å²) in [6, 6.07) is 0. The predicted octanol–water partition coefficient (Wildman–Crippen LogP) is 1.65. The van der Waals surface area contributed by atoms with Gasteiger partial charge in [0.1, 0.15) is 5.01 Å². The van der Waals surface area contributed by atoms with E-state index in [-0.39, 0.29) is 0 Å². The first-order valence-corrected chi connectivity index (χ1v) is 6.08. The Morgan fingerprint density at radius 2 is 2.17 bits per heavy atom. The molecule has 0 N–H and O–H groups in total. The third-order valence-electron chi connectivity index (χ3n) is 2.48. The van der Waals surface area contributed by atoms with Crippen molar-refractivity contribution in [3.8, 4) is 16.5 Å². The van der Waals surface area contributed by atoms with Crippen LogP contribution in [-0.2, 0) is 11.8 Å². The summed E-state index contributed by atoms with van der Waals surface area (Å²) in [5, 5.41) is 6.63. The van der Waals surface area contributed by atoms with Crippen molar-refractivity contribution in [2.45, 2.75) is 6.92 Å². The van der Waals surface area contributed by atoms with E-state index >= 15 is 0 Å². The van der Waals surface area contributed by atoms with E-state index in [0.717, 1.165) is 11.3 Å². The van der Waals surface area contributed by atoms with Crippen molar-refractivity contribution in [2.75, 3.05) is 14.2 Å². The molecule has 18 heavy (non-hydrogen) atoms. The van der Waals surface area contributed by atoms with Crippen molar-refractivity contribution < 1.29 is 14.3 Å². The molecule has 2 rings (SSSR count). The molecule has 6 nitrogen and oxygen atoms in total. The van der Waals surface area contributed by atoms with Gasteiger partial charge in [-0.15, -0.1) is 11.3 Å². The fourth-order valence-corrected chi connectivity index (χ4v) is 2.58. The monoisotopic (exact) mass is 267 g/mol. The van der Waals surface area contributed by atoms with Crippen LogP contribution >= 0.6 is 11.3 Å². The Kier molecular flexibility index (Phi) is 3.33. The first kappa shape index (κ1) is 12.6. The molecule has 2 aromatic heterocycles. The van der Waals surface area contributed by atoms with Crippen LogP contribution < -0.4 is 4.74 Å². The van der Waals surface area contributed by atoms with Crippen molar-refractivity contribution in [1.82, 2.24) is 14.8 Å². The molecule has 2 aromatic rings. The fraction of sp³-hybridized carbons (Fsp3) is 0.364. The molecule has 0 aliphatic carbocycles. The zero-order valence-electron chi connectivity index (χ0n) is 10.6. The van der Waals surface area contributed by atoms with Crippen LogP contribution in [0.25, 0.3) is 10.6 Å². The summed E-state index contributed by atoms with van der Waals surface area (Å²) in [6.45, 7) is 1.87. The molecule has 0 saturated carbocycles. The molecule has 0 radical (unpaired) electrons. The van der Waals surface area contributed by atoms with Gasteiger partial charge >= 0.3 is 5.97 Å². The molecule has 0 fully saturated rings. The second-order valence-electron chi connectivity index (χ2n) is 3.62. The van der Waals surface area contributed by atoms with E-state index in [2.05, 4.69) is 14.8 Å². The number of thiazole rings is 1. The normalized spacial score (nSPS) is 10.4. The van der Waals surface area contributed by atoms with E-state index in [4.69, 9.17) is 4.74 Å². The second kappa shape index (κ2) is 4.77. The number of aryl methyl sites for hydroxylation is 2. The average molecular weight is 267 g/mol. The van der Waals surface area contributed by atoms with Gasteiger partial charge in [0, 0.05) is 12.4 Å². The third kappa shape index (κ3) is 1.97. The van der Waals surface area contributed by atoms with Gasteiger partial charge in [-0.3, -0.25) is 0 Å². The molecular weight excluding hydrogens is 254 g/mol. The Balaban J connectivity index is 2.49. The van der Waals surface area contributed by atoms with Crippen LogP contribution in [0.1, 0.15) is 16.2 Å². The van der Waals surface area contributed by atoms with E-state index < -0.39 is 5.97 Å². The van der Waals surface area contributed by atoms with Crippen LogP contribution in [0.2, 0.25) is 0 Å². The zero-order chi connectivity index (χ0) is 13.3. The average Bonchev–Trinajstić information content (AvgIpc) is 2.92. The number of nitrogens with zero attached hydrogens (tertiary/aromatic N) is 3. The Labute approximate surface area is 108 Å². The van der Waals surface area contributed by atoms with Crippen molar-refractivity contribution in [3.63, 3.8) is 0 Å². The lowest BCUT2D eigenvalue weighted by molar-refractivity contribution is 0.0595. The van der Waals surface area contributed by atoms with Crippen molar-refractivity contribution in [3.05, 3.63) is 16.8 Å². The van der Waals surface area contributed by atoms with E-state index in [9.17, 15) is 4.79 Å². The number of aromatic nitrogens is 3. The molecule has 0 aliphatic rings. The number of carbonyl (C=O) groups excluding carboxylic acids is 1. The maximum atomic E-state index is 11.4. The Morgan fingerprint density at radius 3 is 2.78 bits per heavy atom. The molecule has 96 valence electrons. The van der Waals surface area contributed by atoms with Crippen LogP contribution in [0.3, 0.4) is 0 Å². The summed E-state index contributed by atoms with van der Waals surface area (Å²) < 4.78 is 11.6. The Hall–Kier alpha value is -1.89. The highest BCUT2D eigenvalue weighted by atomic mass is 32.1. The topological polar surface area (TPSA) is 66.2 Å². The Bertz CT molecular complexity index is 588. The van der Waals surface area contributed by atoms with Gasteiger partial charge in [0.05, 0.1) is 25.5 Å². The maximum absolute atomic E-state index is 11.4. The Morgan fingerprint density at radius 1 is 1.44 bits per heavy atom. The van der Waals surface area contributed by atoms with Crippen LogP contribution in [0.5, 0.6) is 5.88 Å². The number of hydrogen-bond acceptors (Lipinski definition) is 6. The molecule has 2 heterocycles. The van der Waals surface area contributed by atoms with Crippen molar-refractivity contribution in [1.29, 1.82) is 0 Å². The minimum atomic E-state index is -0.446. The first-order valence-electron chi connectivity index (χ1n) is 5.20. The third-order valence-corrected chi connectivity index (χ3v) is 3.34. The highest BCUT2D eigenvalue weighted by molar-refractivity contribution is 7.13. The van der Waals surface area contributed by atoms with Gasteiger partial charge in [-0.25, -0.2) is 14.5 Å². The summed E-state index contributed by atoms with van der Waals surface area (Å²) in [4.78, 5) is 15.6. The zero-order valence-corrected chi connectivity index (χ0v) is 11.4. The summed E-state index contributed by atoms with van der Waals surface area (Å²) in [6.07, 6.45) is 0. The lowest BCUT2D eigenvalue weighted by Crippen LogP contribution is -2.01. The number of hydrogen-bond donors (Lipinski definition) is 0. The van der Waals surface area contributed by atoms with Gasteiger partial charge in [-0.05, 0) is 6.92 Å². The lowest BCUT2D eigenvalue weighted by Gasteiger charge is -2.01.